The number of carbonyl (C=O) groups excluding carboxylic acids is 1. The molecule has 1 unspecified atom stereocenters. The summed E-state index contributed by atoms with van der Waals surface area (Å²) in [7, 11) is 0. The molecule has 1 amide bonds. The summed E-state index contributed by atoms with van der Waals surface area (Å²) in [6, 6.07) is 11.3. The lowest BCUT2D eigenvalue weighted by molar-refractivity contribution is -0.120. The second-order valence-corrected chi connectivity index (χ2v) is 10.4. The fourth-order valence-electron chi connectivity index (χ4n) is 5.07. The molecule has 192 valence electrons. The zero-order valence-corrected chi connectivity index (χ0v) is 21.4. The van der Waals surface area contributed by atoms with Gasteiger partial charge >= 0.3 is 5.97 Å². The number of aryl methyl sites for hydroxylation is 1. The fraction of sp³-hybridized carbons (Fsp3) is 0.333. The van der Waals surface area contributed by atoms with Crippen LogP contribution in [0.3, 0.4) is 0 Å². The molecule has 1 aromatic carbocycles. The van der Waals surface area contributed by atoms with Crippen molar-refractivity contribution in [2.75, 3.05) is 23.7 Å². The quantitative estimate of drug-likeness (QED) is 0.275. The highest BCUT2D eigenvalue weighted by molar-refractivity contribution is 7.21. The van der Waals surface area contributed by atoms with Gasteiger partial charge in [0.25, 0.3) is 0 Å². The molecule has 0 bridgehead atoms. The molecule has 1 saturated heterocycles. The second kappa shape index (κ2) is 10.3. The highest BCUT2D eigenvalue weighted by atomic mass is 32.1. The Morgan fingerprint density at radius 1 is 1.24 bits per heavy atom. The maximum atomic E-state index is 12.4. The lowest BCUT2D eigenvalue weighted by atomic mass is 10.00. The largest absolute Gasteiger partial charge is 0.477 e. The number of amides is 1. The molecule has 6 N–H and O–H groups in total. The normalized spacial score (nSPS) is 15.3. The third-order valence-electron chi connectivity index (χ3n) is 6.93. The maximum absolute atomic E-state index is 12.4. The molecule has 37 heavy (non-hydrogen) atoms. The van der Waals surface area contributed by atoms with E-state index in [9.17, 15) is 14.7 Å². The number of para-hydroxylation sites is 1. The Kier molecular flexibility index (Phi) is 6.94. The smallest absolute Gasteiger partial charge is 0.348 e. The van der Waals surface area contributed by atoms with Gasteiger partial charge in [0.15, 0.2) is 0 Å². The van der Waals surface area contributed by atoms with Crippen LogP contribution in [0.25, 0.3) is 21.1 Å². The summed E-state index contributed by atoms with van der Waals surface area (Å²) in [6.45, 7) is 3.58. The van der Waals surface area contributed by atoms with E-state index in [-0.39, 0.29) is 10.9 Å². The van der Waals surface area contributed by atoms with Gasteiger partial charge in [-0.1, -0.05) is 31.5 Å². The van der Waals surface area contributed by atoms with Crippen LogP contribution in [-0.4, -0.2) is 46.1 Å². The molecule has 9 nitrogen and oxygen atoms in total. The van der Waals surface area contributed by atoms with Gasteiger partial charge in [0.1, 0.15) is 21.6 Å². The minimum absolute atomic E-state index is 0.107. The molecule has 1 aliphatic rings. The topological polar surface area (TPSA) is 147 Å². The number of nitrogens with one attached hydrogen (secondary N) is 1. The van der Waals surface area contributed by atoms with E-state index in [0.717, 1.165) is 83.3 Å². The molecule has 1 atom stereocenters. The number of fused-ring (bicyclic) bond motifs is 2. The number of hydrogen-bond donors (Lipinski definition) is 4. The summed E-state index contributed by atoms with van der Waals surface area (Å²) in [6.07, 6.45) is 5.04. The molecule has 5 rings (SSSR count). The number of nitrogens with two attached hydrogens (primary N) is 2. The zero-order valence-electron chi connectivity index (χ0n) is 20.6. The van der Waals surface area contributed by atoms with Crippen LogP contribution >= 0.6 is 11.3 Å². The van der Waals surface area contributed by atoms with E-state index < -0.39 is 17.9 Å². The first-order chi connectivity index (χ1) is 17.9. The van der Waals surface area contributed by atoms with Crippen LogP contribution in [0.4, 0.5) is 11.5 Å². The number of piperidine rings is 1. The van der Waals surface area contributed by atoms with E-state index in [2.05, 4.69) is 22.1 Å². The van der Waals surface area contributed by atoms with Crippen molar-refractivity contribution in [2.24, 2.45) is 5.73 Å². The average Bonchev–Trinajstić information content (AvgIpc) is 3.24. The Balaban J connectivity index is 1.33. The number of thiophene rings is 1. The maximum Gasteiger partial charge on any atom is 0.348 e. The summed E-state index contributed by atoms with van der Waals surface area (Å²) in [5.41, 5.74) is 14.9. The number of benzene rings is 1. The molecule has 1 aliphatic heterocycles. The molecule has 10 heteroatoms. The van der Waals surface area contributed by atoms with Crippen LogP contribution in [-0.2, 0) is 11.2 Å². The first-order valence-corrected chi connectivity index (χ1v) is 13.3. The van der Waals surface area contributed by atoms with Crippen molar-refractivity contribution in [1.29, 1.82) is 0 Å². The molecule has 0 aliphatic carbocycles. The first kappa shape index (κ1) is 24.9. The van der Waals surface area contributed by atoms with Crippen LogP contribution in [0.1, 0.15) is 53.0 Å². The van der Waals surface area contributed by atoms with Gasteiger partial charge < -0.3 is 21.5 Å². The average molecular weight is 519 g/mol. The van der Waals surface area contributed by atoms with E-state index >= 15 is 0 Å². The summed E-state index contributed by atoms with van der Waals surface area (Å²) < 4.78 is 0. The highest BCUT2D eigenvalue weighted by Gasteiger charge is 2.27. The van der Waals surface area contributed by atoms with Crippen molar-refractivity contribution >= 4 is 55.8 Å². The van der Waals surface area contributed by atoms with E-state index in [0.29, 0.717) is 10.5 Å². The van der Waals surface area contributed by atoms with Gasteiger partial charge in [0, 0.05) is 36.1 Å². The molecule has 4 aromatic rings. The van der Waals surface area contributed by atoms with Crippen LogP contribution in [0.15, 0.2) is 42.6 Å². The third-order valence-corrected chi connectivity index (χ3v) is 8.02. The fourth-order valence-corrected chi connectivity index (χ4v) is 6.05. The van der Waals surface area contributed by atoms with Crippen LogP contribution in [0, 0.1) is 0 Å². The third kappa shape index (κ3) is 4.94. The van der Waals surface area contributed by atoms with Crippen LogP contribution < -0.4 is 21.7 Å². The van der Waals surface area contributed by atoms with E-state index in [1.165, 1.54) is 0 Å². The van der Waals surface area contributed by atoms with E-state index in [4.69, 9.17) is 16.5 Å². The number of aromatic carboxylic acids is 1. The predicted molar refractivity (Wildman–Crippen MR) is 147 cm³/mol. The number of rotatable bonds is 8. The highest BCUT2D eigenvalue weighted by Crippen LogP contribution is 2.37. The Morgan fingerprint density at radius 2 is 2.00 bits per heavy atom. The lowest BCUT2D eigenvalue weighted by Crippen LogP contribution is -2.46. The molecule has 0 spiro atoms. The zero-order chi connectivity index (χ0) is 26.1. The van der Waals surface area contributed by atoms with Crippen molar-refractivity contribution in [1.82, 2.24) is 15.3 Å². The van der Waals surface area contributed by atoms with Gasteiger partial charge in [-0.2, -0.15) is 0 Å². The molecule has 4 heterocycles. The summed E-state index contributed by atoms with van der Waals surface area (Å²) in [5, 5.41) is 14.7. The van der Waals surface area contributed by atoms with Gasteiger partial charge in [-0.05, 0) is 48.6 Å². The minimum atomic E-state index is -1.03. The van der Waals surface area contributed by atoms with Gasteiger partial charge in [-0.25, -0.2) is 9.78 Å². The lowest BCUT2D eigenvalue weighted by Gasteiger charge is -2.35. The molecular formula is C27H30N6O3S. The predicted octanol–water partition coefficient (Wildman–Crippen LogP) is 3.86. The number of carbonyl (C=O) groups is 2. The number of aromatic nitrogens is 2. The number of primary amides is 1. The number of hydrogen-bond acceptors (Lipinski definition) is 8. The number of pyridine rings is 2. The standard InChI is InChI=1S/C27H30N6O3S/c1-2-5-16-13-20(32-26-21(16)22(28)24(37-26)27(35)36)33-10-8-18(9-11-33)31-23(25(29)34)17-12-15-6-3-4-7-19(15)30-14-17/h3-4,6-7,12-14,18,23,31H,2,5,8-11,28H2,1H3,(H2,29,34)(H,35,36). The van der Waals surface area contributed by atoms with Crippen LogP contribution in [0.2, 0.25) is 0 Å². The Labute approximate surface area is 218 Å². The minimum Gasteiger partial charge on any atom is -0.477 e. The molecule has 0 radical (unpaired) electrons. The number of carboxylic acids is 1. The number of nitrogens with zero attached hydrogens (tertiary/aromatic N) is 3. The Bertz CT molecular complexity index is 1480. The second-order valence-electron chi connectivity index (χ2n) is 9.44. The molecule has 0 saturated carbocycles. The van der Waals surface area contributed by atoms with Crippen molar-refractivity contribution in [3.05, 3.63) is 58.6 Å². The van der Waals surface area contributed by atoms with Crippen molar-refractivity contribution in [3.8, 4) is 0 Å². The van der Waals surface area contributed by atoms with Crippen LogP contribution in [0.5, 0.6) is 0 Å². The van der Waals surface area contributed by atoms with Gasteiger partial charge in [0.05, 0.1) is 11.2 Å². The SMILES string of the molecule is CCCc1cc(N2CCC(NC(C(N)=O)c3cnc4ccccc4c3)CC2)nc2sc(C(=O)O)c(N)c12. The number of nitrogen functional groups attached to an aromatic ring is 1. The van der Waals surface area contributed by atoms with Crippen molar-refractivity contribution < 1.29 is 14.7 Å². The summed E-state index contributed by atoms with van der Waals surface area (Å²) in [4.78, 5) is 36.3. The Hall–Kier alpha value is -3.76. The molecule has 1 fully saturated rings. The van der Waals surface area contributed by atoms with Crippen molar-refractivity contribution in [3.63, 3.8) is 0 Å². The summed E-state index contributed by atoms with van der Waals surface area (Å²) in [5.74, 6) is -0.625. The van der Waals surface area contributed by atoms with Crippen molar-refractivity contribution in [2.45, 2.75) is 44.7 Å². The van der Waals surface area contributed by atoms with Gasteiger partial charge in [-0.15, -0.1) is 11.3 Å². The van der Waals surface area contributed by atoms with Gasteiger partial charge in [-0.3, -0.25) is 15.1 Å². The number of anilines is 2. The van der Waals surface area contributed by atoms with E-state index in [1.807, 2.05) is 36.4 Å². The summed E-state index contributed by atoms with van der Waals surface area (Å²) >= 11 is 1.13. The van der Waals surface area contributed by atoms with Gasteiger partial charge in [0.2, 0.25) is 5.91 Å². The monoisotopic (exact) mass is 518 g/mol. The molecule has 3 aromatic heterocycles. The number of carboxylic acid groups (broad SMARTS) is 1. The first-order valence-electron chi connectivity index (χ1n) is 12.5. The molecular weight excluding hydrogens is 488 g/mol. The Morgan fingerprint density at radius 3 is 2.70 bits per heavy atom. The van der Waals surface area contributed by atoms with E-state index in [1.54, 1.807) is 6.20 Å².